The lowest BCUT2D eigenvalue weighted by Gasteiger charge is -2.23. The fraction of sp³-hybridized carbons (Fsp3) is 0.200. The maximum atomic E-state index is 6.25. The van der Waals surface area contributed by atoms with Crippen molar-refractivity contribution in [3.8, 4) is 5.75 Å². The number of benzene rings is 2. The number of allylic oxidation sites excluding steroid dienone is 2. The van der Waals surface area contributed by atoms with Gasteiger partial charge in [-0.25, -0.2) is 0 Å². The highest BCUT2D eigenvalue weighted by atomic mass is 35.5. The number of hydrogen-bond donors (Lipinski definition) is 0. The molecule has 4 rings (SSSR count). The maximum absolute atomic E-state index is 6.25. The minimum absolute atomic E-state index is 0.286. The Labute approximate surface area is 141 Å². The lowest BCUT2D eigenvalue weighted by atomic mass is 9.83. The smallest absolute Gasteiger partial charge is 0.189 e. The van der Waals surface area contributed by atoms with E-state index in [1.165, 1.54) is 16.7 Å². The molecule has 2 nitrogen and oxygen atoms in total. The highest BCUT2D eigenvalue weighted by molar-refractivity contribution is 6.30. The largest absolute Gasteiger partial charge is 0.467 e. The van der Waals surface area contributed by atoms with Crippen molar-refractivity contribution in [2.45, 2.75) is 19.4 Å². The lowest BCUT2D eigenvalue weighted by Crippen LogP contribution is -2.12. The van der Waals surface area contributed by atoms with Gasteiger partial charge in [0, 0.05) is 16.1 Å². The molecule has 0 saturated heterocycles. The first-order chi connectivity index (χ1) is 11.2. The van der Waals surface area contributed by atoms with Crippen molar-refractivity contribution < 1.29 is 9.47 Å². The van der Waals surface area contributed by atoms with Gasteiger partial charge in [-0.3, -0.25) is 0 Å². The minimum Gasteiger partial charge on any atom is -0.467 e. The van der Waals surface area contributed by atoms with E-state index in [1.807, 2.05) is 12.1 Å². The summed E-state index contributed by atoms with van der Waals surface area (Å²) < 4.78 is 11.0. The molecular formula is C20H17ClO2. The molecule has 1 heterocycles. The second kappa shape index (κ2) is 5.88. The van der Waals surface area contributed by atoms with Gasteiger partial charge in [0.2, 0.25) is 0 Å². The molecule has 0 atom stereocenters. The zero-order valence-electron chi connectivity index (χ0n) is 12.8. The van der Waals surface area contributed by atoms with Crippen molar-refractivity contribution in [3.05, 3.63) is 75.8 Å². The van der Waals surface area contributed by atoms with Gasteiger partial charge in [0.25, 0.3) is 0 Å². The van der Waals surface area contributed by atoms with Crippen LogP contribution in [0.1, 0.15) is 28.7 Å². The van der Waals surface area contributed by atoms with E-state index in [2.05, 4.69) is 36.9 Å². The number of fused-ring (bicyclic) bond motifs is 2. The summed E-state index contributed by atoms with van der Waals surface area (Å²) in [5.74, 6) is 0.875. The van der Waals surface area contributed by atoms with Gasteiger partial charge in [-0.1, -0.05) is 42.4 Å². The van der Waals surface area contributed by atoms with Crippen LogP contribution in [0, 0.1) is 0 Å². The second-order valence-electron chi connectivity index (χ2n) is 5.90. The van der Waals surface area contributed by atoms with Gasteiger partial charge in [0.05, 0.1) is 6.61 Å². The van der Waals surface area contributed by atoms with Gasteiger partial charge in [-0.15, -0.1) is 0 Å². The number of ether oxygens (including phenoxy) is 2. The summed E-state index contributed by atoms with van der Waals surface area (Å²) in [7, 11) is 0. The van der Waals surface area contributed by atoms with Crippen molar-refractivity contribution in [2.75, 3.05) is 6.79 Å². The Morgan fingerprint density at radius 2 is 1.96 bits per heavy atom. The van der Waals surface area contributed by atoms with Crippen LogP contribution in [0.3, 0.4) is 0 Å². The van der Waals surface area contributed by atoms with E-state index in [4.69, 9.17) is 21.1 Å². The highest BCUT2D eigenvalue weighted by Gasteiger charge is 2.19. The first-order valence-electron chi connectivity index (χ1n) is 7.73. The van der Waals surface area contributed by atoms with Crippen LogP contribution in [0.15, 0.2) is 48.6 Å². The van der Waals surface area contributed by atoms with Gasteiger partial charge in [-0.2, -0.15) is 0 Å². The van der Waals surface area contributed by atoms with Crippen LogP contribution >= 0.6 is 11.6 Å². The molecule has 2 aromatic rings. The van der Waals surface area contributed by atoms with Crippen molar-refractivity contribution in [1.29, 1.82) is 0 Å². The third-order valence-corrected chi connectivity index (χ3v) is 4.65. The fourth-order valence-electron chi connectivity index (χ4n) is 3.29. The van der Waals surface area contributed by atoms with Crippen LogP contribution in [-0.2, 0) is 17.8 Å². The standard InChI is InChI=1S/C20H17ClO2/c1-13-15(7-6-14-4-2-3-5-19(13)14)8-16-9-18(21)10-17-11-22-12-23-20(16)17/h2-5,8-10H,1,6-7,11-12H2/b15-8+. The van der Waals surface area contributed by atoms with Crippen molar-refractivity contribution in [2.24, 2.45) is 0 Å². The van der Waals surface area contributed by atoms with E-state index in [9.17, 15) is 0 Å². The van der Waals surface area contributed by atoms with Crippen LogP contribution < -0.4 is 4.74 Å². The molecule has 0 saturated carbocycles. The monoisotopic (exact) mass is 324 g/mol. The summed E-state index contributed by atoms with van der Waals surface area (Å²) in [6.07, 6.45) is 4.18. The Bertz CT molecular complexity index is 820. The third kappa shape index (κ3) is 2.69. The Morgan fingerprint density at radius 1 is 1.09 bits per heavy atom. The normalized spacial score (nSPS) is 18.3. The van der Waals surface area contributed by atoms with E-state index >= 15 is 0 Å². The molecule has 1 aliphatic carbocycles. The summed E-state index contributed by atoms with van der Waals surface area (Å²) in [6.45, 7) is 5.12. The summed E-state index contributed by atoms with van der Waals surface area (Å²) in [4.78, 5) is 0. The van der Waals surface area contributed by atoms with Crippen LogP contribution in [0.5, 0.6) is 5.75 Å². The highest BCUT2D eigenvalue weighted by Crippen LogP contribution is 2.38. The van der Waals surface area contributed by atoms with Gasteiger partial charge in [-0.05, 0) is 53.3 Å². The molecule has 0 N–H and O–H groups in total. The SMILES string of the molecule is C=C1/C(=C/c2cc(Cl)cc3c2OCOC3)CCc2ccccc21. The van der Waals surface area contributed by atoms with Crippen LogP contribution in [0.4, 0.5) is 0 Å². The predicted molar refractivity (Wildman–Crippen MR) is 93.5 cm³/mol. The topological polar surface area (TPSA) is 18.5 Å². The Balaban J connectivity index is 1.77. The summed E-state index contributed by atoms with van der Waals surface area (Å²) in [5.41, 5.74) is 6.94. The lowest BCUT2D eigenvalue weighted by molar-refractivity contribution is -0.0165. The van der Waals surface area contributed by atoms with Crippen LogP contribution in [-0.4, -0.2) is 6.79 Å². The average Bonchev–Trinajstić information content (AvgIpc) is 2.57. The van der Waals surface area contributed by atoms with Crippen molar-refractivity contribution >= 4 is 23.3 Å². The zero-order valence-corrected chi connectivity index (χ0v) is 13.5. The maximum Gasteiger partial charge on any atom is 0.189 e. The molecule has 23 heavy (non-hydrogen) atoms. The van der Waals surface area contributed by atoms with Crippen molar-refractivity contribution in [1.82, 2.24) is 0 Å². The van der Waals surface area contributed by atoms with Crippen LogP contribution in [0.25, 0.3) is 11.6 Å². The Hall–Kier alpha value is -2.03. The molecule has 0 fully saturated rings. The summed E-state index contributed by atoms with van der Waals surface area (Å²) >= 11 is 6.25. The Kier molecular flexibility index (Phi) is 3.72. The summed E-state index contributed by atoms with van der Waals surface area (Å²) in [5, 5.41) is 0.700. The molecule has 2 aromatic carbocycles. The molecule has 116 valence electrons. The van der Waals surface area contributed by atoms with Gasteiger partial charge in [0.1, 0.15) is 5.75 Å². The zero-order chi connectivity index (χ0) is 15.8. The van der Waals surface area contributed by atoms with E-state index < -0.39 is 0 Å². The van der Waals surface area contributed by atoms with Gasteiger partial charge in [0.15, 0.2) is 6.79 Å². The van der Waals surface area contributed by atoms with Gasteiger partial charge < -0.3 is 9.47 Å². The van der Waals surface area contributed by atoms with E-state index in [1.54, 1.807) is 0 Å². The average molecular weight is 325 g/mol. The number of hydrogen-bond acceptors (Lipinski definition) is 2. The first-order valence-corrected chi connectivity index (χ1v) is 8.11. The molecule has 0 unspecified atom stereocenters. The van der Waals surface area contributed by atoms with Crippen molar-refractivity contribution in [3.63, 3.8) is 0 Å². The third-order valence-electron chi connectivity index (χ3n) is 4.43. The molecule has 0 radical (unpaired) electrons. The summed E-state index contributed by atoms with van der Waals surface area (Å²) in [6, 6.07) is 12.3. The molecule has 0 aromatic heterocycles. The van der Waals surface area contributed by atoms with E-state index in [-0.39, 0.29) is 6.79 Å². The predicted octanol–water partition coefficient (Wildman–Crippen LogP) is 5.25. The Morgan fingerprint density at radius 3 is 2.87 bits per heavy atom. The minimum atomic E-state index is 0.286. The molecule has 0 bridgehead atoms. The quantitative estimate of drug-likeness (QED) is 0.713. The molecular weight excluding hydrogens is 308 g/mol. The molecule has 0 spiro atoms. The van der Waals surface area contributed by atoms with E-state index in [0.29, 0.717) is 11.6 Å². The molecule has 3 heteroatoms. The second-order valence-corrected chi connectivity index (χ2v) is 6.34. The first kappa shape index (κ1) is 14.6. The number of rotatable bonds is 1. The molecule has 2 aliphatic rings. The van der Waals surface area contributed by atoms with Gasteiger partial charge >= 0.3 is 0 Å². The number of halogens is 1. The van der Waals surface area contributed by atoms with E-state index in [0.717, 1.165) is 35.3 Å². The molecule has 1 aliphatic heterocycles. The fourth-order valence-corrected chi connectivity index (χ4v) is 3.54. The number of aryl methyl sites for hydroxylation is 1. The van der Waals surface area contributed by atoms with Crippen LogP contribution in [0.2, 0.25) is 5.02 Å². The molecule has 0 amide bonds.